The number of piperidine rings is 1. The van der Waals surface area contributed by atoms with Crippen LogP contribution in [0.3, 0.4) is 0 Å². The van der Waals surface area contributed by atoms with Crippen molar-refractivity contribution in [3.63, 3.8) is 0 Å². The molecule has 1 fully saturated rings. The summed E-state index contributed by atoms with van der Waals surface area (Å²) in [5, 5.41) is 9.20. The number of ketones is 1. The summed E-state index contributed by atoms with van der Waals surface area (Å²) in [6, 6.07) is 7.29. The molecule has 120 valence electrons. The average Bonchev–Trinajstić information content (AvgIpc) is 2.55. The lowest BCUT2D eigenvalue weighted by Crippen LogP contribution is -2.40. The van der Waals surface area contributed by atoms with Gasteiger partial charge in [0.15, 0.2) is 5.78 Å². The van der Waals surface area contributed by atoms with E-state index in [1.54, 1.807) is 12.1 Å². The first kappa shape index (κ1) is 17.2. The Morgan fingerprint density at radius 1 is 1.23 bits per heavy atom. The van der Waals surface area contributed by atoms with Crippen LogP contribution in [0.25, 0.3) is 0 Å². The van der Waals surface area contributed by atoms with E-state index in [9.17, 15) is 14.7 Å². The van der Waals surface area contributed by atoms with Crippen LogP contribution in [0.4, 0.5) is 0 Å². The minimum atomic E-state index is 0.0761. The van der Waals surface area contributed by atoms with Crippen LogP contribution < -0.4 is 0 Å². The quantitative estimate of drug-likeness (QED) is 0.786. The summed E-state index contributed by atoms with van der Waals surface area (Å²) < 4.78 is 0.947. The third kappa shape index (κ3) is 4.92. The molecule has 4 nitrogen and oxygen atoms in total. The maximum Gasteiger partial charge on any atom is 0.222 e. The van der Waals surface area contributed by atoms with E-state index in [0.717, 1.165) is 23.9 Å². The number of benzene rings is 1. The van der Waals surface area contributed by atoms with Gasteiger partial charge in [0, 0.05) is 42.6 Å². The molecule has 22 heavy (non-hydrogen) atoms. The summed E-state index contributed by atoms with van der Waals surface area (Å²) in [4.78, 5) is 26.0. The van der Waals surface area contributed by atoms with Gasteiger partial charge < -0.3 is 10.0 Å². The highest BCUT2D eigenvalue weighted by molar-refractivity contribution is 9.10. The van der Waals surface area contributed by atoms with E-state index in [1.807, 2.05) is 17.0 Å². The number of amides is 1. The molecule has 1 aliphatic rings. The summed E-state index contributed by atoms with van der Waals surface area (Å²) in [7, 11) is 0. The highest BCUT2D eigenvalue weighted by Crippen LogP contribution is 2.18. The average molecular weight is 368 g/mol. The highest BCUT2D eigenvalue weighted by Gasteiger charge is 2.22. The third-order valence-electron chi connectivity index (χ3n) is 4.09. The molecule has 0 radical (unpaired) electrons. The molecule has 1 aromatic rings. The molecule has 1 N–H and O–H groups in total. The molecule has 1 atom stereocenters. The zero-order valence-electron chi connectivity index (χ0n) is 12.6. The fourth-order valence-corrected chi connectivity index (χ4v) is 3.04. The van der Waals surface area contributed by atoms with Crippen molar-refractivity contribution in [2.45, 2.75) is 32.1 Å². The molecule has 0 bridgehead atoms. The lowest BCUT2D eigenvalue weighted by atomic mass is 9.98. The predicted octanol–water partition coefficient (Wildman–Crippen LogP) is 3.03. The molecular formula is C17H22BrNO3. The number of rotatable bonds is 6. The third-order valence-corrected chi connectivity index (χ3v) is 4.62. The second-order valence-corrected chi connectivity index (χ2v) is 6.73. The minimum absolute atomic E-state index is 0.0761. The molecule has 1 heterocycles. The van der Waals surface area contributed by atoms with Crippen molar-refractivity contribution in [3.05, 3.63) is 34.3 Å². The second kappa shape index (κ2) is 8.44. The Labute approximate surface area is 139 Å². The highest BCUT2D eigenvalue weighted by atomic mass is 79.9. The summed E-state index contributed by atoms with van der Waals surface area (Å²) >= 11 is 3.34. The van der Waals surface area contributed by atoms with E-state index in [-0.39, 0.29) is 24.2 Å². The molecule has 1 aromatic carbocycles. The summed E-state index contributed by atoms with van der Waals surface area (Å²) in [6.07, 6.45) is 3.32. The summed E-state index contributed by atoms with van der Waals surface area (Å²) in [5.41, 5.74) is 0.689. The van der Waals surface area contributed by atoms with Gasteiger partial charge in [0.25, 0.3) is 0 Å². The fourth-order valence-electron chi connectivity index (χ4n) is 2.78. The zero-order valence-corrected chi connectivity index (χ0v) is 14.2. The van der Waals surface area contributed by atoms with E-state index < -0.39 is 0 Å². The van der Waals surface area contributed by atoms with Crippen molar-refractivity contribution < 1.29 is 14.7 Å². The topological polar surface area (TPSA) is 57.6 Å². The normalized spacial score (nSPS) is 18.3. The van der Waals surface area contributed by atoms with Crippen LogP contribution in [-0.2, 0) is 4.79 Å². The van der Waals surface area contributed by atoms with E-state index in [4.69, 9.17) is 0 Å². The van der Waals surface area contributed by atoms with Crippen molar-refractivity contribution in [1.82, 2.24) is 4.90 Å². The molecule has 1 unspecified atom stereocenters. The Kier molecular flexibility index (Phi) is 6.58. The number of nitrogens with zero attached hydrogens (tertiary/aromatic N) is 1. The Hall–Kier alpha value is -1.20. The second-order valence-electron chi connectivity index (χ2n) is 5.81. The van der Waals surface area contributed by atoms with E-state index in [1.165, 1.54) is 0 Å². The molecule has 1 saturated heterocycles. The molecule has 0 spiro atoms. The molecular weight excluding hydrogens is 346 g/mol. The Morgan fingerprint density at radius 2 is 1.95 bits per heavy atom. The minimum Gasteiger partial charge on any atom is -0.396 e. The van der Waals surface area contributed by atoms with Crippen molar-refractivity contribution in [1.29, 1.82) is 0 Å². The van der Waals surface area contributed by atoms with Gasteiger partial charge in [-0.1, -0.05) is 28.1 Å². The van der Waals surface area contributed by atoms with Crippen molar-refractivity contribution in [2.24, 2.45) is 5.92 Å². The summed E-state index contributed by atoms with van der Waals surface area (Å²) in [6.45, 7) is 1.57. The number of halogens is 1. The lowest BCUT2D eigenvalue weighted by Gasteiger charge is -2.31. The van der Waals surface area contributed by atoms with Crippen LogP contribution >= 0.6 is 15.9 Å². The number of aliphatic hydroxyl groups excluding tert-OH is 1. The molecule has 0 saturated carbocycles. The first-order valence-corrected chi connectivity index (χ1v) is 8.57. The van der Waals surface area contributed by atoms with Crippen LogP contribution in [0.1, 0.15) is 42.5 Å². The van der Waals surface area contributed by atoms with Crippen molar-refractivity contribution in [3.8, 4) is 0 Å². The zero-order chi connectivity index (χ0) is 15.9. The lowest BCUT2D eigenvalue weighted by molar-refractivity contribution is -0.133. The van der Waals surface area contributed by atoms with Gasteiger partial charge in [0.2, 0.25) is 5.91 Å². The smallest absolute Gasteiger partial charge is 0.222 e. The van der Waals surface area contributed by atoms with Gasteiger partial charge in [-0.05, 0) is 37.3 Å². The standard InChI is InChI=1S/C17H22BrNO3/c18-15-8-6-14(7-9-15)16(21)4-1-5-17(22)19-10-2-3-13(11-19)12-20/h6-9,13,20H,1-5,10-12H2. The van der Waals surface area contributed by atoms with E-state index >= 15 is 0 Å². The molecule has 5 heteroatoms. The number of Topliss-reactive ketones (excluding diaryl/α,β-unsaturated/α-hetero) is 1. The number of carbonyl (C=O) groups excluding carboxylic acids is 2. The number of aliphatic hydroxyl groups is 1. The number of hydrogen-bond acceptors (Lipinski definition) is 3. The predicted molar refractivity (Wildman–Crippen MR) is 88.7 cm³/mol. The van der Waals surface area contributed by atoms with Crippen LogP contribution in [0.15, 0.2) is 28.7 Å². The van der Waals surface area contributed by atoms with Gasteiger partial charge in [0.05, 0.1) is 0 Å². The van der Waals surface area contributed by atoms with Crippen molar-refractivity contribution >= 4 is 27.6 Å². The van der Waals surface area contributed by atoms with E-state index in [0.29, 0.717) is 31.4 Å². The van der Waals surface area contributed by atoms with Gasteiger partial charge in [-0.15, -0.1) is 0 Å². The van der Waals surface area contributed by atoms with Gasteiger partial charge in [-0.25, -0.2) is 0 Å². The van der Waals surface area contributed by atoms with Crippen molar-refractivity contribution in [2.75, 3.05) is 19.7 Å². The van der Waals surface area contributed by atoms with E-state index in [2.05, 4.69) is 15.9 Å². The number of likely N-dealkylation sites (tertiary alicyclic amines) is 1. The maximum absolute atomic E-state index is 12.1. The molecule has 2 rings (SSSR count). The fraction of sp³-hybridized carbons (Fsp3) is 0.529. The first-order valence-electron chi connectivity index (χ1n) is 7.77. The van der Waals surface area contributed by atoms with Gasteiger partial charge in [-0.3, -0.25) is 9.59 Å². The van der Waals surface area contributed by atoms with Gasteiger partial charge in [-0.2, -0.15) is 0 Å². The summed E-state index contributed by atoms with van der Waals surface area (Å²) in [5.74, 6) is 0.385. The van der Waals surface area contributed by atoms with Gasteiger partial charge >= 0.3 is 0 Å². The van der Waals surface area contributed by atoms with Crippen LogP contribution in [0, 0.1) is 5.92 Å². The van der Waals surface area contributed by atoms with Crippen LogP contribution in [0.2, 0.25) is 0 Å². The largest absolute Gasteiger partial charge is 0.396 e. The number of hydrogen-bond donors (Lipinski definition) is 1. The molecule has 0 aliphatic carbocycles. The molecule has 1 aliphatic heterocycles. The first-order chi connectivity index (χ1) is 10.6. The molecule has 1 amide bonds. The van der Waals surface area contributed by atoms with Crippen LogP contribution in [0.5, 0.6) is 0 Å². The molecule has 0 aromatic heterocycles. The Morgan fingerprint density at radius 3 is 2.64 bits per heavy atom. The van der Waals surface area contributed by atoms with Gasteiger partial charge in [0.1, 0.15) is 0 Å². The SMILES string of the molecule is O=C(CCCC(=O)N1CCCC(CO)C1)c1ccc(Br)cc1. The Bertz CT molecular complexity index is 515. The van der Waals surface area contributed by atoms with Crippen LogP contribution in [-0.4, -0.2) is 41.4 Å². The monoisotopic (exact) mass is 367 g/mol. The maximum atomic E-state index is 12.1. The Balaban J connectivity index is 1.74. The number of carbonyl (C=O) groups is 2.